The summed E-state index contributed by atoms with van der Waals surface area (Å²) in [7, 11) is 1.67. The number of carbonyl (C=O) groups excluding carboxylic acids is 1. The van der Waals surface area contributed by atoms with Gasteiger partial charge in [-0.2, -0.15) is 0 Å². The molecule has 1 aromatic heterocycles. The SMILES string of the molecule is COc1cccc(Cc2nc3c(c(N4CCOCC4)n2)CN(C(=O)c2ccc(Br)cc2)CC3)c1. The lowest BCUT2D eigenvalue weighted by Crippen LogP contribution is -2.41. The number of morpholine rings is 1. The third-order valence-corrected chi connectivity index (χ3v) is 6.80. The Hall–Kier alpha value is -2.97. The molecule has 8 heteroatoms. The summed E-state index contributed by atoms with van der Waals surface area (Å²) < 4.78 is 11.9. The fourth-order valence-corrected chi connectivity index (χ4v) is 4.74. The molecule has 0 aliphatic carbocycles. The van der Waals surface area contributed by atoms with E-state index in [1.54, 1.807) is 7.11 Å². The van der Waals surface area contributed by atoms with Crippen molar-refractivity contribution in [1.82, 2.24) is 14.9 Å². The number of aromatic nitrogens is 2. The van der Waals surface area contributed by atoms with Gasteiger partial charge in [0.2, 0.25) is 0 Å². The van der Waals surface area contributed by atoms with Crippen LogP contribution < -0.4 is 9.64 Å². The lowest BCUT2D eigenvalue weighted by atomic mass is 10.0. The second-order valence-corrected chi connectivity index (χ2v) is 9.42. The summed E-state index contributed by atoms with van der Waals surface area (Å²) in [6.45, 7) is 4.05. The van der Waals surface area contributed by atoms with Gasteiger partial charge >= 0.3 is 0 Å². The average molecular weight is 523 g/mol. The zero-order valence-corrected chi connectivity index (χ0v) is 20.8. The summed E-state index contributed by atoms with van der Waals surface area (Å²) >= 11 is 3.44. The highest BCUT2D eigenvalue weighted by Crippen LogP contribution is 2.29. The van der Waals surface area contributed by atoms with Crippen LogP contribution in [0.25, 0.3) is 0 Å². The van der Waals surface area contributed by atoms with Gasteiger partial charge in [-0.15, -0.1) is 0 Å². The first-order valence-electron chi connectivity index (χ1n) is 11.5. The first-order chi connectivity index (χ1) is 16.6. The van der Waals surface area contributed by atoms with Gasteiger partial charge in [-0.1, -0.05) is 28.1 Å². The van der Waals surface area contributed by atoms with Crippen molar-refractivity contribution >= 4 is 27.7 Å². The highest BCUT2D eigenvalue weighted by Gasteiger charge is 2.29. The van der Waals surface area contributed by atoms with Gasteiger partial charge in [0.25, 0.3) is 5.91 Å². The normalized spacial score (nSPS) is 15.7. The molecule has 0 atom stereocenters. The van der Waals surface area contributed by atoms with Crippen molar-refractivity contribution in [3.63, 3.8) is 0 Å². The lowest BCUT2D eigenvalue weighted by Gasteiger charge is -2.34. The van der Waals surface area contributed by atoms with E-state index in [0.717, 1.165) is 51.8 Å². The summed E-state index contributed by atoms with van der Waals surface area (Å²) in [6.07, 6.45) is 1.34. The molecule has 2 aromatic carbocycles. The van der Waals surface area contributed by atoms with Crippen LogP contribution in [0.1, 0.15) is 33.0 Å². The van der Waals surface area contributed by atoms with Gasteiger partial charge in [-0.25, -0.2) is 9.97 Å². The minimum atomic E-state index is 0.0338. The molecule has 2 aliphatic heterocycles. The van der Waals surface area contributed by atoms with Gasteiger partial charge in [-0.3, -0.25) is 4.79 Å². The van der Waals surface area contributed by atoms with Crippen molar-refractivity contribution in [1.29, 1.82) is 0 Å². The van der Waals surface area contributed by atoms with Crippen LogP contribution in [0.2, 0.25) is 0 Å². The molecule has 3 heterocycles. The number of methoxy groups -OCH3 is 1. The molecular weight excluding hydrogens is 496 g/mol. The fraction of sp³-hybridized carbons (Fsp3) is 0.346. The molecule has 34 heavy (non-hydrogen) atoms. The number of ether oxygens (including phenoxy) is 2. The van der Waals surface area contributed by atoms with Crippen molar-refractivity contribution in [3.8, 4) is 5.75 Å². The van der Waals surface area contributed by atoms with Crippen molar-refractivity contribution in [2.45, 2.75) is 19.4 Å². The Bertz CT molecular complexity index is 1180. The summed E-state index contributed by atoms with van der Waals surface area (Å²) in [4.78, 5) is 27.3. The Morgan fingerprint density at radius 1 is 1.09 bits per heavy atom. The van der Waals surface area contributed by atoms with E-state index in [1.807, 2.05) is 47.4 Å². The third-order valence-electron chi connectivity index (χ3n) is 6.27. The Balaban J connectivity index is 1.46. The van der Waals surface area contributed by atoms with Crippen LogP contribution in [-0.2, 0) is 24.1 Å². The number of nitrogens with zero attached hydrogens (tertiary/aromatic N) is 4. The maximum atomic E-state index is 13.2. The topological polar surface area (TPSA) is 67.8 Å². The van der Waals surface area contributed by atoms with Crippen LogP contribution in [0.5, 0.6) is 5.75 Å². The molecule has 3 aromatic rings. The van der Waals surface area contributed by atoms with Crippen molar-refractivity contribution in [2.24, 2.45) is 0 Å². The molecule has 7 nitrogen and oxygen atoms in total. The number of benzene rings is 2. The predicted octanol–water partition coefficient (Wildman–Crippen LogP) is 3.87. The Morgan fingerprint density at radius 2 is 1.88 bits per heavy atom. The summed E-state index contributed by atoms with van der Waals surface area (Å²) in [6, 6.07) is 15.5. The van der Waals surface area contributed by atoms with E-state index in [4.69, 9.17) is 19.4 Å². The molecule has 0 unspecified atom stereocenters. The number of halogens is 1. The van der Waals surface area contributed by atoms with Crippen LogP contribution >= 0.6 is 15.9 Å². The molecule has 5 rings (SSSR count). The molecule has 1 fully saturated rings. The molecule has 1 saturated heterocycles. The molecule has 0 saturated carbocycles. The fourth-order valence-electron chi connectivity index (χ4n) is 4.48. The number of fused-ring (bicyclic) bond motifs is 1. The number of carbonyl (C=O) groups is 1. The molecule has 0 N–H and O–H groups in total. The first kappa shape index (κ1) is 22.8. The van der Waals surface area contributed by atoms with E-state index in [9.17, 15) is 4.79 Å². The average Bonchev–Trinajstić information content (AvgIpc) is 2.88. The van der Waals surface area contributed by atoms with Crippen LogP contribution in [0.15, 0.2) is 53.0 Å². The third kappa shape index (κ3) is 4.93. The van der Waals surface area contributed by atoms with Crippen LogP contribution in [-0.4, -0.2) is 60.7 Å². The van der Waals surface area contributed by atoms with E-state index in [-0.39, 0.29) is 5.91 Å². The zero-order chi connectivity index (χ0) is 23.5. The zero-order valence-electron chi connectivity index (χ0n) is 19.2. The van der Waals surface area contributed by atoms with E-state index in [2.05, 4.69) is 26.9 Å². The summed E-state index contributed by atoms with van der Waals surface area (Å²) in [5.74, 6) is 2.58. The Kier molecular flexibility index (Phi) is 6.78. The highest BCUT2D eigenvalue weighted by atomic mass is 79.9. The molecule has 176 valence electrons. The number of anilines is 1. The number of rotatable bonds is 5. The quantitative estimate of drug-likeness (QED) is 0.506. The molecule has 0 spiro atoms. The Labute approximate surface area is 207 Å². The molecule has 0 radical (unpaired) electrons. The number of hydrogen-bond acceptors (Lipinski definition) is 6. The Morgan fingerprint density at radius 3 is 2.65 bits per heavy atom. The molecular formula is C26H27BrN4O3. The van der Waals surface area contributed by atoms with Gasteiger partial charge in [0, 0.05) is 48.1 Å². The second kappa shape index (κ2) is 10.1. The predicted molar refractivity (Wildman–Crippen MR) is 133 cm³/mol. The van der Waals surface area contributed by atoms with E-state index < -0.39 is 0 Å². The van der Waals surface area contributed by atoms with Gasteiger partial charge < -0.3 is 19.3 Å². The van der Waals surface area contributed by atoms with Crippen molar-refractivity contribution in [3.05, 3.63) is 81.2 Å². The van der Waals surface area contributed by atoms with Gasteiger partial charge in [-0.05, 0) is 42.0 Å². The molecule has 2 aliphatic rings. The number of amides is 1. The monoisotopic (exact) mass is 522 g/mol. The largest absolute Gasteiger partial charge is 0.497 e. The minimum absolute atomic E-state index is 0.0338. The van der Waals surface area contributed by atoms with Crippen molar-refractivity contribution in [2.75, 3.05) is 44.9 Å². The van der Waals surface area contributed by atoms with Crippen LogP contribution in [0.3, 0.4) is 0 Å². The first-order valence-corrected chi connectivity index (χ1v) is 12.3. The van der Waals surface area contributed by atoms with Crippen LogP contribution in [0, 0.1) is 0 Å². The van der Waals surface area contributed by atoms with Crippen LogP contribution in [0.4, 0.5) is 5.82 Å². The van der Waals surface area contributed by atoms with Gasteiger partial charge in [0.15, 0.2) is 0 Å². The minimum Gasteiger partial charge on any atom is -0.497 e. The standard InChI is InChI=1S/C26H27BrN4O3/c1-33-21-4-2-3-18(15-21)16-24-28-23-9-10-31(26(32)19-5-7-20(27)8-6-19)17-22(23)25(29-24)30-11-13-34-14-12-30/h2-8,15H,9-14,16-17H2,1H3. The van der Waals surface area contributed by atoms with E-state index in [1.165, 1.54) is 0 Å². The van der Waals surface area contributed by atoms with E-state index >= 15 is 0 Å². The smallest absolute Gasteiger partial charge is 0.254 e. The lowest BCUT2D eigenvalue weighted by molar-refractivity contribution is 0.0733. The van der Waals surface area contributed by atoms with E-state index in [0.29, 0.717) is 44.7 Å². The molecule has 0 bridgehead atoms. The maximum absolute atomic E-state index is 13.2. The van der Waals surface area contributed by atoms with Gasteiger partial charge in [0.1, 0.15) is 17.4 Å². The van der Waals surface area contributed by atoms with Gasteiger partial charge in [0.05, 0.1) is 32.6 Å². The van der Waals surface area contributed by atoms with Crippen molar-refractivity contribution < 1.29 is 14.3 Å². The second-order valence-electron chi connectivity index (χ2n) is 8.50. The maximum Gasteiger partial charge on any atom is 0.254 e. The number of hydrogen-bond donors (Lipinski definition) is 0. The molecule has 1 amide bonds. The highest BCUT2D eigenvalue weighted by molar-refractivity contribution is 9.10. The summed E-state index contributed by atoms with van der Waals surface area (Å²) in [5, 5.41) is 0. The summed E-state index contributed by atoms with van der Waals surface area (Å²) in [5.41, 5.74) is 3.88.